The third-order valence-corrected chi connectivity index (χ3v) is 10.9. The number of fused-ring (bicyclic) bond motifs is 4. The SMILES string of the molecule is CCC(C)C(Nc1ccc2c(cc1=O)C(NC(C)=O)CCc1cc(OC)c(OC)c(OC)c1-2)C(=O)Nc1ccc2c(c1)nc(CN1CCN(C)CC1)n2C. The Morgan fingerprint density at radius 2 is 1.70 bits per heavy atom. The van der Waals surface area contributed by atoms with Crippen LogP contribution < -0.4 is 35.6 Å². The molecule has 1 aromatic heterocycles. The van der Waals surface area contributed by atoms with Gasteiger partial charge < -0.3 is 39.6 Å². The molecule has 3 N–H and O–H groups in total. The number of piperazine rings is 1. The zero-order valence-corrected chi connectivity index (χ0v) is 32.7. The molecule has 6 rings (SSSR count). The Morgan fingerprint density at radius 3 is 2.37 bits per heavy atom. The van der Waals surface area contributed by atoms with Gasteiger partial charge in [0.15, 0.2) is 11.5 Å². The number of nitrogens with zero attached hydrogens (tertiary/aromatic N) is 4. The molecule has 0 bridgehead atoms. The second-order valence-corrected chi connectivity index (χ2v) is 14.5. The monoisotopic (exact) mass is 739 g/mol. The van der Waals surface area contributed by atoms with Crippen LogP contribution in [0.4, 0.5) is 11.4 Å². The molecule has 0 saturated carbocycles. The smallest absolute Gasteiger partial charge is 0.247 e. The minimum absolute atomic E-state index is 0.119. The molecule has 2 amide bonds. The number of carbonyl (C=O) groups is 2. The average Bonchev–Trinajstić information content (AvgIpc) is 3.27. The number of carbonyl (C=O) groups excluding carboxylic acids is 2. The maximum absolute atomic E-state index is 14.1. The van der Waals surface area contributed by atoms with Crippen molar-refractivity contribution in [1.29, 1.82) is 0 Å². The fraction of sp³-hybridized carbons (Fsp3) is 0.463. The van der Waals surface area contributed by atoms with E-state index in [1.165, 1.54) is 6.92 Å². The van der Waals surface area contributed by atoms with Gasteiger partial charge in [-0.1, -0.05) is 26.3 Å². The van der Waals surface area contributed by atoms with Gasteiger partial charge in [0, 0.05) is 51.4 Å². The summed E-state index contributed by atoms with van der Waals surface area (Å²) < 4.78 is 19.4. The van der Waals surface area contributed by atoms with Crippen LogP contribution in [-0.4, -0.2) is 91.8 Å². The van der Waals surface area contributed by atoms with Crippen LogP contribution in [0.5, 0.6) is 17.2 Å². The summed E-state index contributed by atoms with van der Waals surface area (Å²) in [6, 6.07) is 11.7. The van der Waals surface area contributed by atoms with Gasteiger partial charge in [-0.3, -0.25) is 19.3 Å². The molecule has 1 saturated heterocycles. The molecule has 13 heteroatoms. The lowest BCUT2D eigenvalue weighted by molar-refractivity contribution is -0.120. The largest absolute Gasteiger partial charge is 0.493 e. The van der Waals surface area contributed by atoms with Gasteiger partial charge in [-0.25, -0.2) is 4.98 Å². The van der Waals surface area contributed by atoms with Crippen molar-refractivity contribution in [3.63, 3.8) is 0 Å². The lowest BCUT2D eigenvalue weighted by Gasteiger charge is -2.31. The molecule has 288 valence electrons. The number of aromatic nitrogens is 2. The summed E-state index contributed by atoms with van der Waals surface area (Å²) in [5.41, 5.74) is 5.44. The fourth-order valence-corrected chi connectivity index (χ4v) is 7.59. The number of imidazole rings is 1. The molecule has 54 heavy (non-hydrogen) atoms. The van der Waals surface area contributed by atoms with Crippen LogP contribution >= 0.6 is 0 Å². The molecule has 2 aliphatic rings. The highest BCUT2D eigenvalue weighted by molar-refractivity contribution is 5.98. The van der Waals surface area contributed by atoms with Crippen LogP contribution in [0, 0.1) is 5.92 Å². The van der Waals surface area contributed by atoms with Gasteiger partial charge in [0.1, 0.15) is 11.9 Å². The third-order valence-electron chi connectivity index (χ3n) is 10.9. The Bertz CT molecular complexity index is 2090. The van der Waals surface area contributed by atoms with Crippen LogP contribution in [0.15, 0.2) is 47.3 Å². The molecular weight excluding hydrogens is 686 g/mol. The lowest BCUT2D eigenvalue weighted by Crippen LogP contribution is -2.44. The topological polar surface area (TPSA) is 139 Å². The summed E-state index contributed by atoms with van der Waals surface area (Å²) in [6.45, 7) is 10.3. The number of likely N-dealkylation sites (N-methyl/N-ethyl adjacent to an activating group) is 1. The van der Waals surface area contributed by atoms with E-state index >= 15 is 0 Å². The normalized spacial score (nSPS) is 17.1. The van der Waals surface area contributed by atoms with E-state index in [2.05, 4.69) is 37.4 Å². The van der Waals surface area contributed by atoms with Crippen LogP contribution in [0.3, 0.4) is 0 Å². The first-order valence-corrected chi connectivity index (χ1v) is 18.7. The molecular formula is C41H53N7O6. The van der Waals surface area contributed by atoms with Gasteiger partial charge >= 0.3 is 0 Å². The van der Waals surface area contributed by atoms with Gasteiger partial charge in [0.25, 0.3) is 0 Å². The predicted molar refractivity (Wildman–Crippen MR) is 212 cm³/mol. The zero-order chi connectivity index (χ0) is 38.7. The van der Waals surface area contributed by atoms with Gasteiger partial charge in [-0.2, -0.15) is 0 Å². The van der Waals surface area contributed by atoms with Crippen molar-refractivity contribution in [1.82, 2.24) is 24.7 Å². The molecule has 13 nitrogen and oxygen atoms in total. The summed E-state index contributed by atoms with van der Waals surface area (Å²) in [5, 5.41) is 9.45. The van der Waals surface area contributed by atoms with Gasteiger partial charge in [0.05, 0.1) is 50.6 Å². The highest BCUT2D eigenvalue weighted by Crippen LogP contribution is 2.50. The summed E-state index contributed by atoms with van der Waals surface area (Å²) in [4.78, 5) is 50.2. The third kappa shape index (κ3) is 7.88. The summed E-state index contributed by atoms with van der Waals surface area (Å²) >= 11 is 0. The van der Waals surface area contributed by atoms with Gasteiger partial charge in [0.2, 0.25) is 23.0 Å². The molecule has 1 aliphatic heterocycles. The van der Waals surface area contributed by atoms with Crippen molar-refractivity contribution in [3.05, 3.63) is 69.6 Å². The highest BCUT2D eigenvalue weighted by atomic mass is 16.5. The van der Waals surface area contributed by atoms with Crippen molar-refractivity contribution >= 4 is 34.2 Å². The van der Waals surface area contributed by atoms with Crippen molar-refractivity contribution in [3.8, 4) is 28.4 Å². The Labute approximate surface area is 317 Å². The molecule has 1 aliphatic carbocycles. The van der Waals surface area contributed by atoms with Crippen LogP contribution in [-0.2, 0) is 29.6 Å². The van der Waals surface area contributed by atoms with Crippen LogP contribution in [0.25, 0.3) is 22.2 Å². The molecule has 3 aromatic carbocycles. The number of ether oxygens (including phenoxy) is 3. The number of methoxy groups -OCH3 is 3. The zero-order valence-electron chi connectivity index (χ0n) is 32.7. The van der Waals surface area contributed by atoms with E-state index in [0.29, 0.717) is 53.3 Å². The number of amides is 2. The molecule has 2 heterocycles. The van der Waals surface area contributed by atoms with Crippen LogP contribution in [0.2, 0.25) is 0 Å². The van der Waals surface area contributed by atoms with Gasteiger partial charge in [-0.05, 0) is 78.9 Å². The first kappa shape index (κ1) is 38.6. The van der Waals surface area contributed by atoms with Crippen molar-refractivity contribution in [2.45, 2.75) is 58.7 Å². The van der Waals surface area contributed by atoms with E-state index in [-0.39, 0.29) is 28.8 Å². The number of aryl methyl sites for hydroxylation is 2. The van der Waals surface area contributed by atoms with E-state index in [4.69, 9.17) is 19.2 Å². The second kappa shape index (κ2) is 16.5. The van der Waals surface area contributed by atoms with Crippen molar-refractivity contribution in [2.24, 2.45) is 13.0 Å². The fourth-order valence-electron chi connectivity index (χ4n) is 7.59. The van der Waals surface area contributed by atoms with E-state index < -0.39 is 12.1 Å². The Hall–Kier alpha value is -5.14. The quantitative estimate of drug-likeness (QED) is 0.183. The standard InChI is InChI=1S/C41H53N7O6/c1-9-24(2)38(41(51)43-27-11-15-33-32(21-27)44-36(47(33)5)23-48-18-16-46(4)17-19-48)45-31-14-12-28-29(22-34(31)50)30(42-25(3)49)13-10-26-20-35(52-6)39(53-7)40(54-8)37(26)28/h11-12,14-15,20-22,24,30,38H,9-10,13,16-19,23H2,1-8H3,(H,42,49)(H,43,51)(H,45,50). The number of anilines is 2. The van der Waals surface area contributed by atoms with E-state index in [0.717, 1.165) is 60.7 Å². The second-order valence-electron chi connectivity index (χ2n) is 14.5. The molecule has 4 aromatic rings. The highest BCUT2D eigenvalue weighted by Gasteiger charge is 2.31. The molecule has 3 atom stereocenters. The molecule has 1 fully saturated rings. The maximum Gasteiger partial charge on any atom is 0.247 e. The van der Waals surface area contributed by atoms with Gasteiger partial charge in [-0.15, -0.1) is 0 Å². The maximum atomic E-state index is 14.1. The average molecular weight is 740 g/mol. The minimum Gasteiger partial charge on any atom is -0.493 e. The Balaban J connectivity index is 1.32. The number of rotatable bonds is 12. The van der Waals surface area contributed by atoms with Crippen LogP contribution in [0.1, 0.15) is 56.6 Å². The number of hydrogen-bond acceptors (Lipinski definition) is 10. The van der Waals surface area contributed by atoms with E-state index in [1.807, 2.05) is 51.2 Å². The van der Waals surface area contributed by atoms with Crippen molar-refractivity contribution in [2.75, 3.05) is 65.2 Å². The summed E-state index contributed by atoms with van der Waals surface area (Å²) in [6.07, 6.45) is 1.83. The number of hydrogen-bond donors (Lipinski definition) is 3. The van der Waals surface area contributed by atoms with E-state index in [9.17, 15) is 14.4 Å². The Kier molecular flexibility index (Phi) is 11.8. The first-order chi connectivity index (χ1) is 26.0. The minimum atomic E-state index is -0.727. The molecule has 0 spiro atoms. The number of nitrogens with one attached hydrogen (secondary N) is 3. The summed E-state index contributed by atoms with van der Waals surface area (Å²) in [5.74, 6) is 1.82. The predicted octanol–water partition coefficient (Wildman–Crippen LogP) is 4.96. The molecule has 0 radical (unpaired) electrons. The number of benzene rings is 2. The summed E-state index contributed by atoms with van der Waals surface area (Å²) in [7, 11) is 8.87. The molecule has 3 unspecified atom stereocenters. The lowest BCUT2D eigenvalue weighted by atomic mass is 9.95. The van der Waals surface area contributed by atoms with Crippen molar-refractivity contribution < 1.29 is 23.8 Å². The Morgan fingerprint density at radius 1 is 0.963 bits per heavy atom. The van der Waals surface area contributed by atoms with E-state index in [1.54, 1.807) is 33.5 Å². The first-order valence-electron chi connectivity index (χ1n) is 18.7.